The summed E-state index contributed by atoms with van der Waals surface area (Å²) in [7, 11) is 0. The van der Waals surface area contributed by atoms with Gasteiger partial charge in [0, 0.05) is 31.3 Å². The molecule has 10 heteroatoms. The number of ether oxygens (including phenoxy) is 3. The number of hydrogen-bond donors (Lipinski definition) is 0. The Balaban J connectivity index is 2.57. The number of esters is 1. The van der Waals surface area contributed by atoms with Crippen molar-refractivity contribution in [3.63, 3.8) is 0 Å². The molecule has 0 N–H and O–H groups in total. The Hall–Kier alpha value is -2.39. The zero-order chi connectivity index (χ0) is 21.7. The van der Waals surface area contributed by atoms with Gasteiger partial charge >= 0.3 is 5.97 Å². The number of carbonyl (C=O) groups is 1. The molecule has 7 nitrogen and oxygen atoms in total. The molecule has 0 spiro atoms. The second kappa shape index (κ2) is 9.89. The first-order chi connectivity index (χ1) is 13.8. The molecule has 1 unspecified atom stereocenters. The summed E-state index contributed by atoms with van der Waals surface area (Å²) < 4.78 is 47.0. The summed E-state index contributed by atoms with van der Waals surface area (Å²) >= 11 is 6.30. The molecule has 1 heterocycles. The standard InChI is InChI=1S/C19H23ClF2N2O5/c1-5-23-16(20)15(17(25)24(23)6-2)11-9-14(13(22)10-12(11)21)29-19(28-8-4)18(26)27-7-3/h9-10,19H,5-8H2,1-4H3. The Bertz CT molecular complexity index is 942. The molecule has 1 atom stereocenters. The molecular formula is C19H23ClF2N2O5. The lowest BCUT2D eigenvalue weighted by molar-refractivity contribution is -0.176. The van der Waals surface area contributed by atoms with E-state index in [2.05, 4.69) is 0 Å². The summed E-state index contributed by atoms with van der Waals surface area (Å²) in [6.07, 6.45) is -1.55. The second-order valence-electron chi connectivity index (χ2n) is 5.82. The number of benzene rings is 1. The molecule has 0 aliphatic rings. The maximum absolute atomic E-state index is 14.6. The minimum atomic E-state index is -1.55. The molecule has 0 fully saturated rings. The zero-order valence-corrected chi connectivity index (χ0v) is 17.4. The highest BCUT2D eigenvalue weighted by Crippen LogP contribution is 2.33. The molecule has 1 aromatic carbocycles. The van der Waals surface area contributed by atoms with Gasteiger partial charge in [-0.3, -0.25) is 9.48 Å². The van der Waals surface area contributed by atoms with E-state index in [9.17, 15) is 18.4 Å². The summed E-state index contributed by atoms with van der Waals surface area (Å²) in [5, 5.41) is 0.0163. The van der Waals surface area contributed by atoms with Crippen molar-refractivity contribution in [1.29, 1.82) is 0 Å². The van der Waals surface area contributed by atoms with Gasteiger partial charge in [-0.05, 0) is 33.8 Å². The molecule has 160 valence electrons. The van der Waals surface area contributed by atoms with Crippen LogP contribution in [0.25, 0.3) is 11.1 Å². The van der Waals surface area contributed by atoms with Crippen molar-refractivity contribution >= 4 is 17.6 Å². The van der Waals surface area contributed by atoms with Gasteiger partial charge in [0.15, 0.2) is 11.6 Å². The topological polar surface area (TPSA) is 71.7 Å². The van der Waals surface area contributed by atoms with Crippen LogP contribution in [0.4, 0.5) is 8.78 Å². The van der Waals surface area contributed by atoms with Gasteiger partial charge in [0.2, 0.25) is 0 Å². The number of halogens is 3. The van der Waals surface area contributed by atoms with E-state index in [4.69, 9.17) is 25.8 Å². The Labute approximate surface area is 171 Å². The third kappa shape index (κ3) is 4.62. The van der Waals surface area contributed by atoms with Crippen LogP contribution in [0.1, 0.15) is 27.7 Å². The van der Waals surface area contributed by atoms with Crippen LogP contribution in [-0.4, -0.2) is 34.8 Å². The van der Waals surface area contributed by atoms with Crippen molar-refractivity contribution in [1.82, 2.24) is 9.36 Å². The maximum atomic E-state index is 14.6. The van der Waals surface area contributed by atoms with Crippen LogP contribution in [0.2, 0.25) is 5.15 Å². The minimum absolute atomic E-state index is 0.0163. The molecule has 0 saturated carbocycles. The van der Waals surface area contributed by atoms with Gasteiger partial charge < -0.3 is 14.2 Å². The Morgan fingerprint density at radius 1 is 1.07 bits per heavy atom. The van der Waals surface area contributed by atoms with Crippen molar-refractivity contribution in [2.45, 2.75) is 47.1 Å². The molecule has 0 radical (unpaired) electrons. The molecular weight excluding hydrogens is 410 g/mol. The average Bonchev–Trinajstić information content (AvgIpc) is 2.92. The number of aromatic nitrogens is 2. The highest BCUT2D eigenvalue weighted by atomic mass is 35.5. The Morgan fingerprint density at radius 3 is 2.24 bits per heavy atom. The van der Waals surface area contributed by atoms with Crippen LogP contribution in [-0.2, 0) is 27.4 Å². The zero-order valence-electron chi connectivity index (χ0n) is 16.6. The highest BCUT2D eigenvalue weighted by molar-refractivity contribution is 6.32. The van der Waals surface area contributed by atoms with Crippen LogP contribution in [0.15, 0.2) is 16.9 Å². The van der Waals surface area contributed by atoms with Gasteiger partial charge in [-0.1, -0.05) is 11.6 Å². The first-order valence-corrected chi connectivity index (χ1v) is 9.61. The number of nitrogens with zero attached hydrogens (tertiary/aromatic N) is 2. The maximum Gasteiger partial charge on any atom is 0.376 e. The van der Waals surface area contributed by atoms with Crippen LogP contribution >= 0.6 is 11.6 Å². The molecule has 2 aromatic rings. The number of carbonyl (C=O) groups excluding carboxylic acids is 1. The van der Waals surface area contributed by atoms with Crippen molar-refractivity contribution in [2.75, 3.05) is 13.2 Å². The lowest BCUT2D eigenvalue weighted by Gasteiger charge is -2.18. The highest BCUT2D eigenvalue weighted by Gasteiger charge is 2.27. The monoisotopic (exact) mass is 432 g/mol. The predicted molar refractivity (Wildman–Crippen MR) is 103 cm³/mol. The quantitative estimate of drug-likeness (QED) is 0.447. The fraction of sp³-hybridized carbons (Fsp3) is 0.474. The SMILES string of the molecule is CCOC(=O)C(OCC)Oc1cc(-c2c(Cl)n(CC)n(CC)c2=O)c(F)cc1F. The summed E-state index contributed by atoms with van der Waals surface area (Å²) in [5.74, 6) is -3.39. The largest absolute Gasteiger partial charge is 0.461 e. The van der Waals surface area contributed by atoms with E-state index in [0.29, 0.717) is 19.2 Å². The van der Waals surface area contributed by atoms with E-state index in [-0.39, 0.29) is 29.5 Å². The van der Waals surface area contributed by atoms with Crippen molar-refractivity contribution < 1.29 is 27.8 Å². The van der Waals surface area contributed by atoms with Gasteiger partial charge in [-0.2, -0.15) is 0 Å². The lowest BCUT2D eigenvalue weighted by atomic mass is 10.1. The molecule has 0 aliphatic carbocycles. The summed E-state index contributed by atoms with van der Waals surface area (Å²) in [6.45, 7) is 7.58. The van der Waals surface area contributed by atoms with E-state index in [1.165, 1.54) is 9.36 Å². The van der Waals surface area contributed by atoms with E-state index in [1.807, 2.05) is 0 Å². The first-order valence-electron chi connectivity index (χ1n) is 9.23. The fourth-order valence-corrected chi connectivity index (χ4v) is 3.24. The van der Waals surface area contributed by atoms with E-state index in [0.717, 1.165) is 6.07 Å². The van der Waals surface area contributed by atoms with Gasteiger partial charge in [0.05, 0.1) is 12.2 Å². The minimum Gasteiger partial charge on any atom is -0.461 e. The summed E-state index contributed by atoms with van der Waals surface area (Å²) in [6, 6.07) is 1.55. The first kappa shape index (κ1) is 22.9. The van der Waals surface area contributed by atoms with Crippen molar-refractivity contribution in [3.8, 4) is 16.9 Å². The van der Waals surface area contributed by atoms with Gasteiger partial charge in [-0.15, -0.1) is 0 Å². The molecule has 2 rings (SSSR count). The Kier molecular flexibility index (Phi) is 7.80. The van der Waals surface area contributed by atoms with Crippen molar-refractivity contribution in [3.05, 3.63) is 39.3 Å². The Morgan fingerprint density at radius 2 is 1.72 bits per heavy atom. The normalized spacial score (nSPS) is 12.1. The smallest absolute Gasteiger partial charge is 0.376 e. The fourth-order valence-electron chi connectivity index (χ4n) is 2.85. The van der Waals surface area contributed by atoms with Gasteiger partial charge in [0.25, 0.3) is 11.8 Å². The molecule has 0 saturated heterocycles. The molecule has 29 heavy (non-hydrogen) atoms. The molecule has 0 amide bonds. The lowest BCUT2D eigenvalue weighted by Crippen LogP contribution is -2.32. The van der Waals surface area contributed by atoms with Gasteiger partial charge in [0.1, 0.15) is 11.0 Å². The summed E-state index contributed by atoms with van der Waals surface area (Å²) in [5.41, 5.74) is -0.894. The third-order valence-electron chi connectivity index (χ3n) is 4.09. The van der Waals surface area contributed by atoms with Crippen LogP contribution in [0.3, 0.4) is 0 Å². The van der Waals surface area contributed by atoms with E-state index >= 15 is 0 Å². The predicted octanol–water partition coefficient (Wildman–Crippen LogP) is 3.59. The molecule has 1 aromatic heterocycles. The van der Waals surface area contributed by atoms with Gasteiger partial charge in [-0.25, -0.2) is 18.3 Å². The number of rotatable bonds is 9. The van der Waals surface area contributed by atoms with Crippen LogP contribution in [0.5, 0.6) is 5.75 Å². The molecule has 0 bridgehead atoms. The van der Waals surface area contributed by atoms with E-state index < -0.39 is 35.2 Å². The van der Waals surface area contributed by atoms with Crippen LogP contribution < -0.4 is 10.3 Å². The summed E-state index contributed by atoms with van der Waals surface area (Å²) in [4.78, 5) is 24.7. The van der Waals surface area contributed by atoms with Crippen molar-refractivity contribution in [2.24, 2.45) is 0 Å². The number of hydrogen-bond acceptors (Lipinski definition) is 5. The molecule has 0 aliphatic heterocycles. The van der Waals surface area contributed by atoms with E-state index in [1.54, 1.807) is 27.7 Å². The van der Waals surface area contributed by atoms with Crippen LogP contribution in [0, 0.1) is 11.6 Å². The third-order valence-corrected chi connectivity index (χ3v) is 4.48. The average molecular weight is 433 g/mol. The second-order valence-corrected chi connectivity index (χ2v) is 6.18.